The molecule has 0 spiro atoms. The summed E-state index contributed by atoms with van der Waals surface area (Å²) in [5.74, 6) is 0.432. The number of aromatic nitrogens is 2. The molecule has 124 valence electrons. The Morgan fingerprint density at radius 3 is 2.60 bits per heavy atom. The van der Waals surface area contributed by atoms with Crippen molar-refractivity contribution in [2.75, 3.05) is 0 Å². The predicted molar refractivity (Wildman–Crippen MR) is 105 cm³/mol. The number of para-hydroxylation sites is 1. The first-order valence-corrected chi connectivity index (χ1v) is 8.95. The summed E-state index contributed by atoms with van der Waals surface area (Å²) in [6.45, 7) is 4.42. The Kier molecular flexibility index (Phi) is 4.19. The normalized spacial score (nSPS) is 12.6. The highest BCUT2D eigenvalue weighted by Gasteiger charge is 2.09. The van der Waals surface area contributed by atoms with Crippen molar-refractivity contribution >= 4 is 21.7 Å². The molecule has 25 heavy (non-hydrogen) atoms. The molecule has 0 aliphatic rings. The molecule has 0 N–H and O–H groups in total. The maximum absolute atomic E-state index is 4.61. The van der Waals surface area contributed by atoms with Gasteiger partial charge in [-0.05, 0) is 53.5 Å². The molecule has 2 aromatic carbocycles. The lowest BCUT2D eigenvalue weighted by Gasteiger charge is -2.13. The number of rotatable bonds is 4. The van der Waals surface area contributed by atoms with Gasteiger partial charge in [0, 0.05) is 28.9 Å². The molecule has 0 bridgehead atoms. The Balaban J connectivity index is 1.62. The average Bonchev–Trinajstić information content (AvgIpc) is 2.67. The van der Waals surface area contributed by atoms with Crippen LogP contribution >= 0.6 is 0 Å². The molecule has 2 aromatic heterocycles. The molecular weight excluding hydrogens is 304 g/mol. The maximum Gasteiger partial charge on any atom is 0.0702 e. The summed E-state index contributed by atoms with van der Waals surface area (Å²) >= 11 is 0. The van der Waals surface area contributed by atoms with Crippen molar-refractivity contribution in [2.45, 2.75) is 32.6 Å². The molecule has 4 aromatic rings. The Morgan fingerprint density at radius 1 is 0.840 bits per heavy atom. The molecule has 0 aliphatic heterocycles. The summed E-state index contributed by atoms with van der Waals surface area (Å²) in [7, 11) is 0. The zero-order valence-electron chi connectivity index (χ0n) is 14.7. The zero-order valence-corrected chi connectivity index (χ0v) is 14.7. The van der Waals surface area contributed by atoms with E-state index in [9.17, 15) is 0 Å². The van der Waals surface area contributed by atoms with Gasteiger partial charge in [-0.25, -0.2) is 0 Å². The fourth-order valence-corrected chi connectivity index (χ4v) is 3.39. The van der Waals surface area contributed by atoms with Crippen LogP contribution in [0.4, 0.5) is 0 Å². The van der Waals surface area contributed by atoms with Crippen LogP contribution in [-0.4, -0.2) is 9.97 Å². The van der Waals surface area contributed by atoms with E-state index in [1.54, 1.807) is 0 Å². The molecule has 2 heterocycles. The Bertz CT molecular complexity index is 1040. The monoisotopic (exact) mass is 326 g/mol. The minimum absolute atomic E-state index is 0.432. The molecule has 0 aliphatic carbocycles. The average molecular weight is 326 g/mol. The van der Waals surface area contributed by atoms with Crippen molar-refractivity contribution in [3.05, 3.63) is 83.8 Å². The molecule has 0 saturated heterocycles. The van der Waals surface area contributed by atoms with Gasteiger partial charge >= 0.3 is 0 Å². The summed E-state index contributed by atoms with van der Waals surface area (Å²) in [5, 5.41) is 3.71. The van der Waals surface area contributed by atoms with Crippen molar-refractivity contribution < 1.29 is 0 Å². The number of benzene rings is 2. The van der Waals surface area contributed by atoms with Gasteiger partial charge in [0.1, 0.15) is 0 Å². The molecule has 0 saturated carbocycles. The smallest absolute Gasteiger partial charge is 0.0702 e. The highest BCUT2D eigenvalue weighted by molar-refractivity contribution is 5.82. The number of aryl methyl sites for hydroxylation is 1. The Morgan fingerprint density at radius 2 is 1.72 bits per heavy atom. The van der Waals surface area contributed by atoms with Crippen molar-refractivity contribution in [1.29, 1.82) is 0 Å². The highest BCUT2D eigenvalue weighted by Crippen LogP contribution is 2.25. The molecule has 1 unspecified atom stereocenters. The summed E-state index contributed by atoms with van der Waals surface area (Å²) in [6, 6.07) is 19.5. The lowest BCUT2D eigenvalue weighted by molar-refractivity contribution is 0.757. The molecule has 1 atom stereocenters. The van der Waals surface area contributed by atoms with E-state index in [0.717, 1.165) is 24.1 Å². The van der Waals surface area contributed by atoms with Crippen LogP contribution in [0.2, 0.25) is 0 Å². The van der Waals surface area contributed by atoms with E-state index in [1.807, 2.05) is 18.5 Å². The van der Waals surface area contributed by atoms with Crippen molar-refractivity contribution in [1.82, 2.24) is 9.97 Å². The van der Waals surface area contributed by atoms with Gasteiger partial charge in [0.2, 0.25) is 0 Å². The minimum atomic E-state index is 0.432. The van der Waals surface area contributed by atoms with Crippen molar-refractivity contribution in [3.8, 4) is 0 Å². The van der Waals surface area contributed by atoms with Gasteiger partial charge in [-0.15, -0.1) is 0 Å². The fourth-order valence-electron chi connectivity index (χ4n) is 3.39. The van der Waals surface area contributed by atoms with Gasteiger partial charge in [-0.1, -0.05) is 50.2 Å². The van der Waals surface area contributed by atoms with Crippen molar-refractivity contribution in [3.63, 3.8) is 0 Å². The number of fused-ring (bicyclic) bond motifs is 2. The van der Waals surface area contributed by atoms with Crippen molar-refractivity contribution in [2.24, 2.45) is 0 Å². The number of nitrogens with zero attached hydrogens (tertiary/aromatic N) is 2. The van der Waals surface area contributed by atoms with E-state index in [0.29, 0.717) is 5.92 Å². The van der Waals surface area contributed by atoms with Gasteiger partial charge in [0.25, 0.3) is 0 Å². The van der Waals surface area contributed by atoms with E-state index < -0.39 is 0 Å². The summed E-state index contributed by atoms with van der Waals surface area (Å²) in [4.78, 5) is 9.09. The van der Waals surface area contributed by atoms with E-state index >= 15 is 0 Å². The number of hydrogen-bond donors (Lipinski definition) is 0. The van der Waals surface area contributed by atoms with Gasteiger partial charge in [0.15, 0.2) is 0 Å². The van der Waals surface area contributed by atoms with Crippen LogP contribution in [0.1, 0.15) is 36.6 Å². The molecule has 2 nitrogen and oxygen atoms in total. The third kappa shape index (κ3) is 3.25. The van der Waals surface area contributed by atoms with Crippen LogP contribution in [-0.2, 0) is 12.8 Å². The van der Waals surface area contributed by atoms with Crippen LogP contribution in [0.5, 0.6) is 0 Å². The molecule has 0 fully saturated rings. The minimum Gasteiger partial charge on any atom is -0.261 e. The standard InChI is InChI=1S/C23H22N2/c1-3-22-13-20-11-17(8-9-19(20)14-24-22)10-16(2)21-12-18-6-4-5-7-23(18)25-15-21/h4-9,11-16H,3,10H2,1-2H3. The third-order valence-electron chi connectivity index (χ3n) is 4.93. The Labute approximate surface area is 148 Å². The van der Waals surface area contributed by atoms with Crippen LogP contribution in [0.25, 0.3) is 21.7 Å². The lowest BCUT2D eigenvalue weighted by atomic mass is 9.93. The quantitative estimate of drug-likeness (QED) is 0.481. The van der Waals surface area contributed by atoms with E-state index in [4.69, 9.17) is 0 Å². The number of pyridine rings is 2. The molecule has 4 rings (SSSR count). The SMILES string of the molecule is CCc1cc2cc(CC(C)c3cnc4ccccc4c3)ccc2cn1. The van der Waals surface area contributed by atoms with Gasteiger partial charge < -0.3 is 0 Å². The molecular formula is C23H22N2. The highest BCUT2D eigenvalue weighted by atomic mass is 14.7. The topological polar surface area (TPSA) is 25.8 Å². The lowest BCUT2D eigenvalue weighted by Crippen LogP contribution is -1.99. The molecule has 0 radical (unpaired) electrons. The van der Waals surface area contributed by atoms with E-state index in [2.05, 4.69) is 72.3 Å². The van der Waals surface area contributed by atoms with Gasteiger partial charge in [-0.2, -0.15) is 0 Å². The second-order valence-corrected chi connectivity index (χ2v) is 6.78. The first-order valence-electron chi connectivity index (χ1n) is 8.95. The molecule has 0 amide bonds. The maximum atomic E-state index is 4.61. The Hall–Kier alpha value is -2.74. The second-order valence-electron chi connectivity index (χ2n) is 6.78. The summed E-state index contributed by atoms with van der Waals surface area (Å²) in [6.07, 6.45) is 5.99. The zero-order chi connectivity index (χ0) is 17.2. The van der Waals surface area contributed by atoms with Crippen LogP contribution in [0.3, 0.4) is 0 Å². The summed E-state index contributed by atoms with van der Waals surface area (Å²) < 4.78 is 0. The second kappa shape index (κ2) is 6.64. The van der Waals surface area contributed by atoms with Gasteiger partial charge in [0.05, 0.1) is 5.52 Å². The van der Waals surface area contributed by atoms with Crippen LogP contribution in [0, 0.1) is 0 Å². The first-order chi connectivity index (χ1) is 12.2. The summed E-state index contributed by atoms with van der Waals surface area (Å²) in [5.41, 5.74) is 4.87. The number of hydrogen-bond acceptors (Lipinski definition) is 2. The third-order valence-corrected chi connectivity index (χ3v) is 4.93. The first kappa shape index (κ1) is 15.8. The predicted octanol–water partition coefficient (Wildman–Crippen LogP) is 5.69. The van der Waals surface area contributed by atoms with Crippen LogP contribution < -0.4 is 0 Å². The van der Waals surface area contributed by atoms with E-state index in [-0.39, 0.29) is 0 Å². The van der Waals surface area contributed by atoms with Crippen LogP contribution in [0.15, 0.2) is 67.0 Å². The fraction of sp³-hybridized carbons (Fsp3) is 0.217. The van der Waals surface area contributed by atoms with Gasteiger partial charge in [-0.3, -0.25) is 9.97 Å². The largest absolute Gasteiger partial charge is 0.261 e. The molecule has 2 heteroatoms. The van der Waals surface area contributed by atoms with E-state index in [1.165, 1.54) is 27.3 Å².